The number of benzene rings is 2. The van der Waals surface area contributed by atoms with Crippen LogP contribution in [0.3, 0.4) is 0 Å². The van der Waals surface area contributed by atoms with E-state index in [2.05, 4.69) is 5.32 Å². The van der Waals surface area contributed by atoms with Gasteiger partial charge in [0.1, 0.15) is 0 Å². The molecule has 2 amide bonds. The molecule has 1 N–H and O–H groups in total. The van der Waals surface area contributed by atoms with E-state index in [0.29, 0.717) is 23.6 Å². The summed E-state index contributed by atoms with van der Waals surface area (Å²) in [4.78, 5) is 27.5. The van der Waals surface area contributed by atoms with Crippen LogP contribution >= 0.6 is 11.6 Å². The smallest absolute Gasteiger partial charge is 0.244 e. The predicted molar refractivity (Wildman–Crippen MR) is 127 cm³/mol. The molecular formula is C24H29ClN2O4S. The van der Waals surface area contributed by atoms with Crippen LogP contribution in [-0.2, 0) is 19.4 Å². The summed E-state index contributed by atoms with van der Waals surface area (Å²) < 4.78 is 25.5. The summed E-state index contributed by atoms with van der Waals surface area (Å²) in [6.45, 7) is 5.58. The fourth-order valence-electron chi connectivity index (χ4n) is 4.57. The number of sulfone groups is 1. The van der Waals surface area contributed by atoms with E-state index in [0.717, 1.165) is 16.7 Å². The number of anilines is 1. The zero-order valence-electron chi connectivity index (χ0n) is 18.9. The van der Waals surface area contributed by atoms with E-state index < -0.39 is 20.5 Å². The van der Waals surface area contributed by atoms with Crippen LogP contribution in [0.1, 0.15) is 42.4 Å². The van der Waals surface area contributed by atoms with Crippen LogP contribution < -0.4 is 5.32 Å². The number of hydrogen-bond donors (Lipinski definition) is 1. The molecule has 1 fully saturated rings. The first-order valence-corrected chi connectivity index (χ1v) is 12.5. The molecule has 1 aliphatic carbocycles. The Morgan fingerprint density at radius 2 is 1.56 bits per heavy atom. The number of rotatable bonds is 6. The van der Waals surface area contributed by atoms with Gasteiger partial charge in [-0.2, -0.15) is 0 Å². The summed E-state index contributed by atoms with van der Waals surface area (Å²) in [6, 6.07) is 9.82. The quantitative estimate of drug-likeness (QED) is 0.667. The summed E-state index contributed by atoms with van der Waals surface area (Å²) in [5.41, 5.74) is 3.68. The number of amides is 2. The summed E-state index contributed by atoms with van der Waals surface area (Å²) >= 11 is 5.91. The minimum atomic E-state index is -3.96. The van der Waals surface area contributed by atoms with Crippen molar-refractivity contribution in [2.45, 2.75) is 56.1 Å². The van der Waals surface area contributed by atoms with Crippen molar-refractivity contribution in [3.8, 4) is 0 Å². The lowest BCUT2D eigenvalue weighted by molar-refractivity contribution is -0.135. The van der Waals surface area contributed by atoms with Crippen LogP contribution in [0.5, 0.6) is 0 Å². The van der Waals surface area contributed by atoms with Gasteiger partial charge in [-0.1, -0.05) is 42.1 Å². The monoisotopic (exact) mass is 476 g/mol. The van der Waals surface area contributed by atoms with Crippen LogP contribution in [-0.4, -0.2) is 43.5 Å². The Hall–Kier alpha value is -2.38. The van der Waals surface area contributed by atoms with E-state index in [1.165, 1.54) is 36.2 Å². The van der Waals surface area contributed by atoms with Gasteiger partial charge in [0.15, 0.2) is 14.6 Å². The van der Waals surface area contributed by atoms with Crippen LogP contribution in [0.2, 0.25) is 5.02 Å². The average molecular weight is 477 g/mol. The second kappa shape index (κ2) is 9.24. The first kappa shape index (κ1) is 24.3. The molecule has 0 aliphatic heterocycles. The highest BCUT2D eigenvalue weighted by molar-refractivity contribution is 7.93. The Morgan fingerprint density at radius 3 is 2.09 bits per heavy atom. The molecular weight excluding hydrogens is 448 g/mol. The lowest BCUT2D eigenvalue weighted by atomic mass is 10.0. The van der Waals surface area contributed by atoms with Crippen LogP contribution in [0.4, 0.5) is 5.69 Å². The van der Waals surface area contributed by atoms with Crippen molar-refractivity contribution in [3.63, 3.8) is 0 Å². The molecule has 8 heteroatoms. The maximum atomic E-state index is 13.5. The van der Waals surface area contributed by atoms with E-state index in [-0.39, 0.29) is 30.2 Å². The van der Waals surface area contributed by atoms with E-state index in [9.17, 15) is 18.0 Å². The topological polar surface area (TPSA) is 83.6 Å². The predicted octanol–water partition coefficient (Wildman–Crippen LogP) is 4.45. The molecule has 172 valence electrons. The van der Waals surface area contributed by atoms with Gasteiger partial charge in [-0.15, -0.1) is 0 Å². The van der Waals surface area contributed by atoms with Gasteiger partial charge < -0.3 is 10.2 Å². The largest absolute Gasteiger partial charge is 0.335 e. The Morgan fingerprint density at radius 1 is 1.03 bits per heavy atom. The lowest BCUT2D eigenvalue weighted by Gasteiger charge is -2.32. The van der Waals surface area contributed by atoms with E-state index in [1.54, 1.807) is 0 Å². The normalized spacial score (nSPS) is 15.4. The Labute approximate surface area is 194 Å². The molecule has 0 unspecified atom stereocenters. The maximum absolute atomic E-state index is 13.5. The van der Waals surface area contributed by atoms with Crippen molar-refractivity contribution in [2.24, 2.45) is 0 Å². The van der Waals surface area contributed by atoms with Gasteiger partial charge in [-0.25, -0.2) is 8.42 Å². The Kier molecular flexibility index (Phi) is 7.00. The van der Waals surface area contributed by atoms with Crippen molar-refractivity contribution in [2.75, 3.05) is 18.9 Å². The highest BCUT2D eigenvalue weighted by Gasteiger charge is 2.54. The van der Waals surface area contributed by atoms with Crippen molar-refractivity contribution in [1.29, 1.82) is 0 Å². The van der Waals surface area contributed by atoms with Gasteiger partial charge in [0, 0.05) is 17.8 Å². The molecule has 2 aromatic rings. The molecule has 3 rings (SSSR count). The van der Waals surface area contributed by atoms with Gasteiger partial charge in [0.05, 0.1) is 11.4 Å². The second-order valence-electron chi connectivity index (χ2n) is 8.64. The third kappa shape index (κ3) is 4.55. The fraction of sp³-hybridized carbons (Fsp3) is 0.417. The summed E-state index contributed by atoms with van der Waals surface area (Å²) in [5.74, 6) is -0.912. The zero-order chi connectivity index (χ0) is 23.7. The number of carbonyl (C=O) groups excluding carboxylic acids is 2. The number of aryl methyl sites for hydroxylation is 3. The van der Waals surface area contributed by atoms with E-state index in [1.807, 2.05) is 32.9 Å². The van der Waals surface area contributed by atoms with Gasteiger partial charge in [0.2, 0.25) is 11.8 Å². The maximum Gasteiger partial charge on any atom is 0.244 e. The molecule has 1 saturated carbocycles. The fourth-order valence-corrected chi connectivity index (χ4v) is 6.86. The number of likely N-dealkylation sites (N-methyl/N-ethyl adjacent to an activating group) is 1. The number of carbonyl (C=O) groups is 2. The molecule has 32 heavy (non-hydrogen) atoms. The first-order chi connectivity index (χ1) is 15.0. The lowest BCUT2D eigenvalue weighted by Crippen LogP contribution is -2.52. The number of nitrogens with zero attached hydrogens (tertiary/aromatic N) is 1. The molecule has 1 aliphatic rings. The molecule has 0 bridgehead atoms. The van der Waals surface area contributed by atoms with Crippen molar-refractivity contribution >= 4 is 38.9 Å². The van der Waals surface area contributed by atoms with Crippen molar-refractivity contribution in [1.82, 2.24) is 4.90 Å². The third-order valence-electron chi connectivity index (χ3n) is 6.11. The third-order valence-corrected chi connectivity index (χ3v) is 8.86. The molecule has 0 radical (unpaired) electrons. The molecule has 0 spiro atoms. The minimum absolute atomic E-state index is 0.0703. The van der Waals surface area contributed by atoms with Crippen LogP contribution in [0.25, 0.3) is 0 Å². The van der Waals surface area contributed by atoms with Gasteiger partial charge >= 0.3 is 0 Å². The molecule has 0 saturated heterocycles. The minimum Gasteiger partial charge on any atom is -0.335 e. The average Bonchev–Trinajstić information content (AvgIpc) is 3.22. The summed E-state index contributed by atoms with van der Waals surface area (Å²) in [5, 5.41) is 3.30. The highest BCUT2D eigenvalue weighted by Crippen LogP contribution is 2.42. The van der Waals surface area contributed by atoms with Crippen LogP contribution in [0, 0.1) is 20.8 Å². The summed E-state index contributed by atoms with van der Waals surface area (Å²) in [6.07, 6.45) is 1.75. The number of nitrogens with one attached hydrogen (secondary N) is 1. The molecule has 2 aromatic carbocycles. The standard InChI is InChI=1S/C24H29ClN2O4S/c1-16-13-17(2)22(18(3)14-16)26-21(28)15-27(4)23(29)24(11-5-6-12-24)32(30,31)20-9-7-19(25)8-10-20/h7-10,13-14H,5-6,11-12,15H2,1-4H3,(H,26,28). The summed E-state index contributed by atoms with van der Waals surface area (Å²) in [7, 11) is -2.48. The SMILES string of the molecule is Cc1cc(C)c(NC(=O)CN(C)C(=O)C2(S(=O)(=O)c3ccc(Cl)cc3)CCCC2)c(C)c1. The molecule has 0 atom stereocenters. The number of hydrogen-bond acceptors (Lipinski definition) is 4. The highest BCUT2D eigenvalue weighted by atomic mass is 35.5. The molecule has 0 heterocycles. The molecule has 0 aromatic heterocycles. The van der Waals surface area contributed by atoms with Crippen molar-refractivity contribution in [3.05, 3.63) is 58.1 Å². The zero-order valence-corrected chi connectivity index (χ0v) is 20.4. The Balaban J connectivity index is 1.82. The van der Waals surface area contributed by atoms with Crippen molar-refractivity contribution < 1.29 is 18.0 Å². The first-order valence-electron chi connectivity index (χ1n) is 10.6. The van der Waals surface area contributed by atoms with E-state index in [4.69, 9.17) is 11.6 Å². The van der Waals surface area contributed by atoms with Crippen LogP contribution in [0.15, 0.2) is 41.3 Å². The number of halogens is 1. The Bertz CT molecular complexity index is 1110. The molecule has 6 nitrogen and oxygen atoms in total. The van der Waals surface area contributed by atoms with E-state index >= 15 is 0 Å². The van der Waals surface area contributed by atoms with Gasteiger partial charge in [-0.3, -0.25) is 9.59 Å². The van der Waals surface area contributed by atoms with Gasteiger partial charge in [-0.05, 0) is 69.0 Å². The second-order valence-corrected chi connectivity index (χ2v) is 11.3. The van der Waals surface area contributed by atoms with Gasteiger partial charge in [0.25, 0.3) is 0 Å².